The van der Waals surface area contributed by atoms with Crippen LogP contribution in [0.15, 0.2) is 0 Å². The summed E-state index contributed by atoms with van der Waals surface area (Å²) >= 11 is 0. The van der Waals surface area contributed by atoms with E-state index in [1.165, 1.54) is 11.9 Å². The molecule has 0 aliphatic carbocycles. The molecule has 2 heterocycles. The average molecular weight is 278 g/mol. The molecule has 1 aromatic heterocycles. The maximum atomic E-state index is 13.5. The van der Waals surface area contributed by atoms with Crippen LogP contribution in [0.1, 0.15) is 12.8 Å². The SMILES string of the molecule is CN(CC1CCOCC1)c1c(F)c(F)nc(F)c1F. The topological polar surface area (TPSA) is 25.4 Å². The Morgan fingerprint density at radius 3 is 2.16 bits per heavy atom. The third-order valence-electron chi connectivity index (χ3n) is 3.23. The summed E-state index contributed by atoms with van der Waals surface area (Å²) in [5.74, 6) is -6.01. The Morgan fingerprint density at radius 1 is 1.11 bits per heavy atom. The van der Waals surface area contributed by atoms with E-state index in [0.29, 0.717) is 19.8 Å². The molecule has 0 aromatic carbocycles. The van der Waals surface area contributed by atoms with Gasteiger partial charge in [0.1, 0.15) is 5.69 Å². The van der Waals surface area contributed by atoms with E-state index in [2.05, 4.69) is 4.98 Å². The molecule has 1 aromatic rings. The van der Waals surface area contributed by atoms with Crippen molar-refractivity contribution in [2.24, 2.45) is 5.92 Å². The highest BCUT2D eigenvalue weighted by Crippen LogP contribution is 2.27. The van der Waals surface area contributed by atoms with E-state index >= 15 is 0 Å². The van der Waals surface area contributed by atoms with Crippen molar-refractivity contribution >= 4 is 5.69 Å². The summed E-state index contributed by atoms with van der Waals surface area (Å²) in [6.45, 7) is 1.48. The predicted molar refractivity (Wildman–Crippen MR) is 60.9 cm³/mol. The fraction of sp³-hybridized carbons (Fsp3) is 0.583. The minimum absolute atomic E-state index is 0.178. The van der Waals surface area contributed by atoms with Gasteiger partial charge in [-0.3, -0.25) is 0 Å². The van der Waals surface area contributed by atoms with Crippen LogP contribution >= 0.6 is 0 Å². The summed E-state index contributed by atoms with van der Waals surface area (Å²) in [6.07, 6.45) is 1.51. The molecule has 2 rings (SSSR count). The zero-order valence-electron chi connectivity index (χ0n) is 10.4. The van der Waals surface area contributed by atoms with Crippen molar-refractivity contribution in [3.63, 3.8) is 0 Å². The highest BCUT2D eigenvalue weighted by molar-refractivity contribution is 5.47. The van der Waals surface area contributed by atoms with Crippen molar-refractivity contribution in [2.45, 2.75) is 12.8 Å². The minimum atomic E-state index is -1.63. The number of halogens is 4. The third-order valence-corrected chi connectivity index (χ3v) is 3.23. The van der Waals surface area contributed by atoms with Crippen molar-refractivity contribution in [1.82, 2.24) is 4.98 Å². The Bertz CT molecular complexity index is 437. The molecule has 1 saturated heterocycles. The van der Waals surface area contributed by atoms with E-state index in [0.717, 1.165) is 12.8 Å². The van der Waals surface area contributed by atoms with Gasteiger partial charge in [0.15, 0.2) is 0 Å². The first-order valence-corrected chi connectivity index (χ1v) is 5.99. The first kappa shape index (κ1) is 14.0. The zero-order valence-corrected chi connectivity index (χ0v) is 10.4. The van der Waals surface area contributed by atoms with Crippen LogP contribution in [-0.4, -0.2) is 31.8 Å². The molecular formula is C12H14F4N2O. The van der Waals surface area contributed by atoms with Crippen LogP contribution in [0, 0.1) is 29.4 Å². The van der Waals surface area contributed by atoms with Gasteiger partial charge >= 0.3 is 0 Å². The molecule has 0 unspecified atom stereocenters. The van der Waals surface area contributed by atoms with Gasteiger partial charge in [-0.2, -0.15) is 22.5 Å². The molecule has 1 aliphatic rings. The lowest BCUT2D eigenvalue weighted by Crippen LogP contribution is -2.31. The fourth-order valence-corrected chi connectivity index (χ4v) is 2.22. The van der Waals surface area contributed by atoms with Crippen molar-refractivity contribution in [1.29, 1.82) is 0 Å². The first-order chi connectivity index (χ1) is 9.00. The molecule has 19 heavy (non-hydrogen) atoms. The summed E-state index contributed by atoms with van der Waals surface area (Å²) in [5, 5.41) is 0. The van der Waals surface area contributed by atoms with Gasteiger partial charge in [-0.15, -0.1) is 0 Å². The maximum Gasteiger partial charge on any atom is 0.253 e. The van der Waals surface area contributed by atoms with Crippen LogP contribution in [0.2, 0.25) is 0 Å². The van der Waals surface area contributed by atoms with E-state index in [4.69, 9.17) is 4.74 Å². The van der Waals surface area contributed by atoms with Crippen molar-refractivity contribution < 1.29 is 22.3 Å². The average Bonchev–Trinajstić information content (AvgIpc) is 2.38. The van der Waals surface area contributed by atoms with Gasteiger partial charge in [0.05, 0.1) is 0 Å². The van der Waals surface area contributed by atoms with Crippen LogP contribution in [0.4, 0.5) is 23.2 Å². The zero-order chi connectivity index (χ0) is 14.0. The molecule has 7 heteroatoms. The van der Waals surface area contributed by atoms with Crippen LogP contribution in [0.25, 0.3) is 0 Å². The quantitative estimate of drug-likeness (QED) is 0.627. The predicted octanol–water partition coefficient (Wildman–Crippen LogP) is 2.50. The molecular weight excluding hydrogens is 264 g/mol. The lowest BCUT2D eigenvalue weighted by atomic mass is 10.00. The second kappa shape index (κ2) is 5.73. The number of ether oxygens (including phenoxy) is 1. The smallest absolute Gasteiger partial charge is 0.253 e. The molecule has 0 saturated carbocycles. The van der Waals surface area contributed by atoms with E-state index in [9.17, 15) is 17.6 Å². The first-order valence-electron chi connectivity index (χ1n) is 5.99. The largest absolute Gasteiger partial charge is 0.381 e. The Kier molecular flexibility index (Phi) is 4.24. The Labute approximate surface area is 108 Å². The van der Waals surface area contributed by atoms with E-state index in [-0.39, 0.29) is 5.92 Å². The molecule has 0 amide bonds. The molecule has 0 radical (unpaired) electrons. The second-order valence-electron chi connectivity index (χ2n) is 4.61. The molecule has 3 nitrogen and oxygen atoms in total. The van der Waals surface area contributed by atoms with Crippen molar-refractivity contribution in [2.75, 3.05) is 31.7 Å². The van der Waals surface area contributed by atoms with Gasteiger partial charge in [-0.1, -0.05) is 0 Å². The second-order valence-corrected chi connectivity index (χ2v) is 4.61. The van der Waals surface area contributed by atoms with Gasteiger partial charge in [0.2, 0.25) is 11.6 Å². The number of nitrogens with zero attached hydrogens (tertiary/aromatic N) is 2. The van der Waals surface area contributed by atoms with Crippen LogP contribution < -0.4 is 4.90 Å². The van der Waals surface area contributed by atoms with Gasteiger partial charge in [0, 0.05) is 26.8 Å². The number of pyridine rings is 1. The van der Waals surface area contributed by atoms with Crippen LogP contribution in [0.5, 0.6) is 0 Å². The van der Waals surface area contributed by atoms with Crippen LogP contribution in [0.3, 0.4) is 0 Å². The summed E-state index contributed by atoms with van der Waals surface area (Å²) < 4.78 is 58.3. The molecule has 106 valence electrons. The standard InChI is InChI=1S/C12H14F4N2O/c1-18(6-7-2-4-19-5-3-7)10-8(13)11(15)17-12(16)9(10)14/h7H,2-6H2,1H3. The Balaban J connectivity index is 2.20. The molecule has 0 atom stereocenters. The van der Waals surface area contributed by atoms with Crippen molar-refractivity contribution in [3.05, 3.63) is 23.5 Å². The van der Waals surface area contributed by atoms with Gasteiger partial charge in [-0.05, 0) is 18.8 Å². The lowest BCUT2D eigenvalue weighted by Gasteiger charge is -2.28. The third kappa shape index (κ3) is 2.97. The highest BCUT2D eigenvalue weighted by atomic mass is 19.2. The van der Waals surface area contributed by atoms with E-state index < -0.39 is 29.2 Å². The maximum absolute atomic E-state index is 13.5. The Morgan fingerprint density at radius 2 is 1.63 bits per heavy atom. The van der Waals surface area contributed by atoms with E-state index in [1.807, 2.05) is 0 Å². The number of rotatable bonds is 3. The minimum Gasteiger partial charge on any atom is -0.381 e. The monoisotopic (exact) mass is 278 g/mol. The summed E-state index contributed by atoms with van der Waals surface area (Å²) in [4.78, 5) is 3.72. The summed E-state index contributed by atoms with van der Waals surface area (Å²) in [6, 6.07) is 0. The van der Waals surface area contributed by atoms with Crippen molar-refractivity contribution in [3.8, 4) is 0 Å². The van der Waals surface area contributed by atoms with Gasteiger partial charge in [-0.25, -0.2) is 0 Å². The molecule has 0 N–H and O–H groups in total. The number of hydrogen-bond acceptors (Lipinski definition) is 3. The van der Waals surface area contributed by atoms with Crippen LogP contribution in [-0.2, 0) is 4.74 Å². The lowest BCUT2D eigenvalue weighted by molar-refractivity contribution is 0.0684. The highest BCUT2D eigenvalue weighted by Gasteiger charge is 2.25. The van der Waals surface area contributed by atoms with E-state index in [1.54, 1.807) is 0 Å². The number of anilines is 1. The molecule has 1 aliphatic heterocycles. The number of hydrogen-bond donors (Lipinski definition) is 0. The number of aromatic nitrogens is 1. The fourth-order valence-electron chi connectivity index (χ4n) is 2.22. The summed E-state index contributed by atoms with van der Waals surface area (Å²) in [7, 11) is 1.40. The van der Waals surface area contributed by atoms with Gasteiger partial charge < -0.3 is 9.64 Å². The Hall–Kier alpha value is -1.37. The molecule has 0 spiro atoms. The summed E-state index contributed by atoms with van der Waals surface area (Å²) in [5.41, 5.74) is -0.712. The van der Waals surface area contributed by atoms with Gasteiger partial charge in [0.25, 0.3) is 11.9 Å². The molecule has 0 bridgehead atoms. The normalized spacial score (nSPS) is 16.7. The molecule has 1 fully saturated rings.